The Labute approximate surface area is 122 Å². The molecule has 0 radical (unpaired) electrons. The maximum atomic E-state index is 12.4. The number of aliphatic hydroxyl groups excluding tert-OH is 1. The van der Waals surface area contributed by atoms with Gasteiger partial charge in [-0.05, 0) is 24.5 Å². The summed E-state index contributed by atoms with van der Waals surface area (Å²) in [4.78, 5) is 12.9. The van der Waals surface area contributed by atoms with Gasteiger partial charge in [-0.1, -0.05) is 6.92 Å². The molecular formula is C15H21F2NO3. The van der Waals surface area contributed by atoms with Crippen LogP contribution in [0.15, 0.2) is 16.5 Å². The smallest absolute Gasteiger partial charge is 0.255 e. The number of alkyl halides is 2. The van der Waals surface area contributed by atoms with Crippen LogP contribution in [0.3, 0.4) is 0 Å². The van der Waals surface area contributed by atoms with Crippen LogP contribution < -0.4 is 0 Å². The summed E-state index contributed by atoms with van der Waals surface area (Å²) in [6.45, 7) is 1.14. The molecule has 1 aliphatic rings. The van der Waals surface area contributed by atoms with E-state index in [0.717, 1.165) is 17.1 Å². The predicted octanol–water partition coefficient (Wildman–Crippen LogP) is 2.42. The van der Waals surface area contributed by atoms with Gasteiger partial charge in [-0.15, -0.1) is 0 Å². The van der Waals surface area contributed by atoms with Gasteiger partial charge in [0.15, 0.2) is 0 Å². The number of hydrogen-bond acceptors (Lipinski definition) is 3. The fraction of sp³-hybridized carbons (Fsp3) is 0.667. The van der Waals surface area contributed by atoms with Gasteiger partial charge in [0, 0.05) is 25.3 Å². The highest BCUT2D eigenvalue weighted by atomic mass is 19.3. The highest BCUT2D eigenvalue weighted by Gasteiger charge is 2.36. The largest absolute Gasteiger partial charge is 0.466 e. The van der Waals surface area contributed by atoms with Gasteiger partial charge in [0.2, 0.25) is 5.91 Å². The van der Waals surface area contributed by atoms with Gasteiger partial charge in [0.05, 0.1) is 13.2 Å². The molecule has 21 heavy (non-hydrogen) atoms. The Hall–Kier alpha value is -1.43. The number of rotatable bonds is 8. The standard InChI is InChI=1S/C15H21F2NO3/c1-10-8-12(10)13-4-2-11(21-13)3-5-15(20)18(6-7-19)9-14(16)17/h2,4,10,12,14,19H,3,5-9H2,1H3. The summed E-state index contributed by atoms with van der Waals surface area (Å²) in [6, 6.07) is 3.77. The lowest BCUT2D eigenvalue weighted by Crippen LogP contribution is -2.37. The van der Waals surface area contributed by atoms with Gasteiger partial charge in [0.1, 0.15) is 11.5 Å². The first-order chi connectivity index (χ1) is 10.0. The molecule has 1 aromatic rings. The Morgan fingerprint density at radius 3 is 2.81 bits per heavy atom. The highest BCUT2D eigenvalue weighted by Crippen LogP contribution is 2.47. The fourth-order valence-electron chi connectivity index (χ4n) is 2.44. The second-order valence-electron chi connectivity index (χ2n) is 5.58. The van der Waals surface area contributed by atoms with Crippen LogP contribution in [0.2, 0.25) is 0 Å². The SMILES string of the molecule is CC1CC1c1ccc(CCC(=O)N(CCO)CC(F)F)o1. The van der Waals surface area contributed by atoms with Crippen LogP contribution in [0.25, 0.3) is 0 Å². The second kappa shape index (κ2) is 7.02. The lowest BCUT2D eigenvalue weighted by Gasteiger charge is -2.20. The van der Waals surface area contributed by atoms with Gasteiger partial charge in [-0.25, -0.2) is 8.78 Å². The number of hydrogen-bond donors (Lipinski definition) is 1. The van der Waals surface area contributed by atoms with Crippen LogP contribution >= 0.6 is 0 Å². The number of furan rings is 1. The summed E-state index contributed by atoms with van der Waals surface area (Å²) >= 11 is 0. The van der Waals surface area contributed by atoms with Crippen molar-refractivity contribution < 1.29 is 23.1 Å². The zero-order valence-electron chi connectivity index (χ0n) is 12.1. The third kappa shape index (κ3) is 4.52. The lowest BCUT2D eigenvalue weighted by molar-refractivity contribution is -0.133. The van der Waals surface area contributed by atoms with E-state index in [9.17, 15) is 13.6 Å². The molecule has 2 rings (SSSR count). The number of nitrogens with zero attached hydrogens (tertiary/aromatic N) is 1. The maximum absolute atomic E-state index is 12.4. The number of halogens is 2. The summed E-state index contributed by atoms with van der Waals surface area (Å²) < 4.78 is 30.4. The third-order valence-corrected chi connectivity index (χ3v) is 3.82. The van der Waals surface area contributed by atoms with Gasteiger partial charge in [0.25, 0.3) is 6.43 Å². The minimum atomic E-state index is -2.59. The molecule has 118 valence electrons. The average Bonchev–Trinajstić information content (AvgIpc) is 2.98. The minimum absolute atomic E-state index is 0.0633. The van der Waals surface area contributed by atoms with Crippen LogP contribution in [0, 0.1) is 5.92 Å². The molecule has 1 fully saturated rings. The molecule has 0 aliphatic heterocycles. The maximum Gasteiger partial charge on any atom is 0.255 e. The van der Waals surface area contributed by atoms with E-state index >= 15 is 0 Å². The summed E-state index contributed by atoms with van der Waals surface area (Å²) in [6.07, 6.45) is -0.956. The van der Waals surface area contributed by atoms with E-state index in [2.05, 4.69) is 6.92 Å². The van der Waals surface area contributed by atoms with E-state index in [4.69, 9.17) is 9.52 Å². The first-order valence-electron chi connectivity index (χ1n) is 7.26. The number of carbonyl (C=O) groups is 1. The fourth-order valence-corrected chi connectivity index (χ4v) is 2.44. The highest BCUT2D eigenvalue weighted by molar-refractivity contribution is 5.76. The van der Waals surface area contributed by atoms with Gasteiger partial charge >= 0.3 is 0 Å². The van der Waals surface area contributed by atoms with Crippen LogP contribution in [0.4, 0.5) is 8.78 Å². The Morgan fingerprint density at radius 1 is 1.52 bits per heavy atom. The monoisotopic (exact) mass is 301 g/mol. The Bertz CT molecular complexity index is 475. The Balaban J connectivity index is 1.82. The molecule has 1 heterocycles. The second-order valence-corrected chi connectivity index (χ2v) is 5.58. The summed E-state index contributed by atoms with van der Waals surface area (Å²) in [5.74, 6) is 2.40. The molecule has 1 aliphatic carbocycles. The molecule has 0 spiro atoms. The van der Waals surface area contributed by atoms with Crippen molar-refractivity contribution in [1.82, 2.24) is 4.90 Å². The molecule has 1 N–H and O–H groups in total. The van der Waals surface area contributed by atoms with E-state index in [1.54, 1.807) is 0 Å². The summed E-state index contributed by atoms with van der Waals surface area (Å²) in [7, 11) is 0. The van der Waals surface area contributed by atoms with E-state index < -0.39 is 13.0 Å². The quantitative estimate of drug-likeness (QED) is 0.802. The van der Waals surface area contributed by atoms with E-state index in [1.165, 1.54) is 0 Å². The van der Waals surface area contributed by atoms with Crippen molar-refractivity contribution in [2.45, 2.75) is 38.5 Å². The molecule has 0 aromatic carbocycles. The molecule has 1 aromatic heterocycles. The van der Waals surface area contributed by atoms with E-state index in [1.807, 2.05) is 12.1 Å². The van der Waals surface area contributed by atoms with Gasteiger partial charge < -0.3 is 14.4 Å². The first kappa shape index (κ1) is 15.9. The molecule has 0 saturated heterocycles. The summed E-state index contributed by atoms with van der Waals surface area (Å²) in [5, 5.41) is 8.82. The number of aliphatic hydroxyl groups is 1. The lowest BCUT2D eigenvalue weighted by atomic mass is 10.2. The van der Waals surface area contributed by atoms with Gasteiger partial charge in [-0.2, -0.15) is 0 Å². The van der Waals surface area contributed by atoms with Crippen LogP contribution in [-0.2, 0) is 11.2 Å². The molecule has 1 amide bonds. The summed E-state index contributed by atoms with van der Waals surface area (Å²) in [5.41, 5.74) is 0. The molecule has 2 atom stereocenters. The molecule has 1 saturated carbocycles. The van der Waals surface area contributed by atoms with Crippen molar-refractivity contribution in [3.8, 4) is 0 Å². The van der Waals surface area contributed by atoms with Crippen molar-refractivity contribution in [3.63, 3.8) is 0 Å². The number of aryl methyl sites for hydroxylation is 1. The number of carbonyl (C=O) groups excluding carboxylic acids is 1. The molecule has 0 bridgehead atoms. The van der Waals surface area contributed by atoms with Crippen molar-refractivity contribution in [1.29, 1.82) is 0 Å². The minimum Gasteiger partial charge on any atom is -0.466 e. The number of amides is 1. The molecule has 4 nitrogen and oxygen atoms in total. The van der Waals surface area contributed by atoms with Gasteiger partial charge in [-0.3, -0.25) is 4.79 Å². The van der Waals surface area contributed by atoms with Crippen LogP contribution in [0.5, 0.6) is 0 Å². The first-order valence-corrected chi connectivity index (χ1v) is 7.26. The third-order valence-electron chi connectivity index (χ3n) is 3.82. The predicted molar refractivity (Wildman–Crippen MR) is 73.2 cm³/mol. The van der Waals surface area contributed by atoms with E-state index in [-0.39, 0.29) is 25.5 Å². The Morgan fingerprint density at radius 2 is 2.24 bits per heavy atom. The zero-order chi connectivity index (χ0) is 15.4. The molecular weight excluding hydrogens is 280 g/mol. The van der Waals surface area contributed by atoms with Crippen molar-refractivity contribution >= 4 is 5.91 Å². The van der Waals surface area contributed by atoms with E-state index in [0.29, 0.717) is 24.0 Å². The molecule has 6 heteroatoms. The normalized spacial score (nSPS) is 20.8. The van der Waals surface area contributed by atoms with Crippen molar-refractivity contribution in [2.75, 3.05) is 19.7 Å². The topological polar surface area (TPSA) is 53.7 Å². The van der Waals surface area contributed by atoms with Crippen LogP contribution in [0.1, 0.15) is 37.2 Å². The molecule has 2 unspecified atom stereocenters. The van der Waals surface area contributed by atoms with Crippen molar-refractivity contribution in [3.05, 3.63) is 23.7 Å². The van der Waals surface area contributed by atoms with Crippen molar-refractivity contribution in [2.24, 2.45) is 5.92 Å². The Kier molecular flexibility index (Phi) is 5.33. The van der Waals surface area contributed by atoms with Crippen LogP contribution in [-0.4, -0.2) is 42.0 Å². The average molecular weight is 301 g/mol. The zero-order valence-corrected chi connectivity index (χ0v) is 12.1.